The molecule has 1 aromatic heterocycles. The molecule has 0 fully saturated rings. The molecule has 0 spiro atoms. The van der Waals surface area contributed by atoms with Crippen molar-refractivity contribution in [3.8, 4) is 11.5 Å². The highest BCUT2D eigenvalue weighted by Gasteiger charge is 2.18. The molecule has 1 aromatic carbocycles. The molecule has 1 amide bonds. The molecule has 2 heterocycles. The SMILES string of the molecule is Cc1nn(C)c(C)c1NC(=O)c1ccc2c(c1)OCO2. The summed E-state index contributed by atoms with van der Waals surface area (Å²) in [6, 6.07) is 5.13. The quantitative estimate of drug-likeness (QED) is 0.909. The van der Waals surface area contributed by atoms with Gasteiger partial charge in [0.05, 0.1) is 17.1 Å². The molecule has 0 aliphatic carbocycles. The Labute approximate surface area is 116 Å². The highest BCUT2D eigenvalue weighted by molar-refractivity contribution is 6.05. The van der Waals surface area contributed by atoms with Crippen molar-refractivity contribution in [3.63, 3.8) is 0 Å². The first-order valence-electron chi connectivity index (χ1n) is 6.27. The minimum absolute atomic E-state index is 0.192. The van der Waals surface area contributed by atoms with Crippen LogP contribution in [-0.4, -0.2) is 22.5 Å². The van der Waals surface area contributed by atoms with Crippen molar-refractivity contribution >= 4 is 11.6 Å². The number of nitrogens with one attached hydrogen (secondary N) is 1. The summed E-state index contributed by atoms with van der Waals surface area (Å²) in [7, 11) is 1.85. The third kappa shape index (κ3) is 1.99. The largest absolute Gasteiger partial charge is 0.454 e. The summed E-state index contributed by atoms with van der Waals surface area (Å²) in [5.74, 6) is 1.06. The van der Waals surface area contributed by atoms with Crippen molar-refractivity contribution in [1.82, 2.24) is 9.78 Å². The summed E-state index contributed by atoms with van der Waals surface area (Å²) in [4.78, 5) is 12.3. The molecule has 104 valence electrons. The lowest BCUT2D eigenvalue weighted by Crippen LogP contribution is -2.13. The van der Waals surface area contributed by atoms with Crippen LogP contribution < -0.4 is 14.8 Å². The molecule has 6 nitrogen and oxygen atoms in total. The van der Waals surface area contributed by atoms with E-state index in [0.717, 1.165) is 17.1 Å². The fraction of sp³-hybridized carbons (Fsp3) is 0.286. The third-order valence-electron chi connectivity index (χ3n) is 3.38. The van der Waals surface area contributed by atoms with Gasteiger partial charge in [-0.2, -0.15) is 5.10 Å². The van der Waals surface area contributed by atoms with Gasteiger partial charge in [-0.3, -0.25) is 9.48 Å². The molecular weight excluding hydrogens is 258 g/mol. The topological polar surface area (TPSA) is 65.4 Å². The minimum Gasteiger partial charge on any atom is -0.454 e. The van der Waals surface area contributed by atoms with Gasteiger partial charge in [-0.05, 0) is 32.0 Å². The van der Waals surface area contributed by atoms with Crippen LogP contribution in [0.2, 0.25) is 0 Å². The molecule has 1 aliphatic heterocycles. The molecule has 2 aromatic rings. The highest BCUT2D eigenvalue weighted by Crippen LogP contribution is 2.32. The summed E-state index contributed by atoms with van der Waals surface area (Å²) < 4.78 is 12.2. The molecule has 6 heteroatoms. The Morgan fingerprint density at radius 3 is 2.75 bits per heavy atom. The van der Waals surface area contributed by atoms with E-state index in [9.17, 15) is 4.79 Å². The Morgan fingerprint density at radius 1 is 1.30 bits per heavy atom. The fourth-order valence-corrected chi connectivity index (χ4v) is 2.18. The monoisotopic (exact) mass is 273 g/mol. The average Bonchev–Trinajstić information content (AvgIpc) is 2.98. The molecule has 20 heavy (non-hydrogen) atoms. The first-order valence-corrected chi connectivity index (χ1v) is 6.27. The zero-order valence-electron chi connectivity index (χ0n) is 11.6. The maximum atomic E-state index is 12.3. The smallest absolute Gasteiger partial charge is 0.255 e. The predicted molar refractivity (Wildman–Crippen MR) is 73.2 cm³/mol. The average molecular weight is 273 g/mol. The Morgan fingerprint density at radius 2 is 2.05 bits per heavy atom. The van der Waals surface area contributed by atoms with Crippen molar-refractivity contribution in [2.45, 2.75) is 13.8 Å². The van der Waals surface area contributed by atoms with E-state index in [1.165, 1.54) is 0 Å². The lowest BCUT2D eigenvalue weighted by Gasteiger charge is -2.06. The van der Waals surface area contributed by atoms with Crippen molar-refractivity contribution in [3.05, 3.63) is 35.2 Å². The molecule has 0 radical (unpaired) electrons. The standard InChI is InChI=1S/C14H15N3O3/c1-8-13(9(2)17(3)16-8)15-14(18)10-4-5-11-12(6-10)20-7-19-11/h4-6H,7H2,1-3H3,(H,15,18). The maximum Gasteiger partial charge on any atom is 0.255 e. The summed E-state index contributed by atoms with van der Waals surface area (Å²) >= 11 is 0. The van der Waals surface area contributed by atoms with Crippen LogP contribution in [0.4, 0.5) is 5.69 Å². The normalized spacial score (nSPS) is 12.6. The molecule has 1 aliphatic rings. The number of carbonyl (C=O) groups is 1. The van der Waals surface area contributed by atoms with Crippen LogP contribution in [0.15, 0.2) is 18.2 Å². The van der Waals surface area contributed by atoms with E-state index >= 15 is 0 Å². The van der Waals surface area contributed by atoms with Gasteiger partial charge in [0.1, 0.15) is 0 Å². The van der Waals surface area contributed by atoms with Crippen molar-refractivity contribution < 1.29 is 14.3 Å². The van der Waals surface area contributed by atoms with Gasteiger partial charge < -0.3 is 14.8 Å². The number of benzene rings is 1. The number of aromatic nitrogens is 2. The molecular formula is C14H15N3O3. The fourth-order valence-electron chi connectivity index (χ4n) is 2.18. The second-order valence-corrected chi connectivity index (χ2v) is 4.69. The summed E-state index contributed by atoms with van der Waals surface area (Å²) in [5, 5.41) is 7.16. The number of fused-ring (bicyclic) bond motifs is 1. The lowest BCUT2D eigenvalue weighted by molar-refractivity contribution is 0.102. The van der Waals surface area contributed by atoms with Crippen LogP contribution in [-0.2, 0) is 7.05 Å². The van der Waals surface area contributed by atoms with Gasteiger partial charge in [0.2, 0.25) is 6.79 Å². The molecule has 3 rings (SSSR count). The number of anilines is 1. The van der Waals surface area contributed by atoms with E-state index in [-0.39, 0.29) is 12.7 Å². The van der Waals surface area contributed by atoms with Gasteiger partial charge in [-0.1, -0.05) is 0 Å². The van der Waals surface area contributed by atoms with Crippen LogP contribution in [0.1, 0.15) is 21.7 Å². The minimum atomic E-state index is -0.192. The van der Waals surface area contributed by atoms with Crippen LogP contribution in [0.5, 0.6) is 11.5 Å². The van der Waals surface area contributed by atoms with Gasteiger partial charge in [0.25, 0.3) is 5.91 Å². The number of aryl methyl sites for hydroxylation is 2. The van der Waals surface area contributed by atoms with E-state index in [1.807, 2.05) is 20.9 Å². The Hall–Kier alpha value is -2.50. The molecule has 0 bridgehead atoms. The Balaban J connectivity index is 1.86. The highest BCUT2D eigenvalue weighted by atomic mass is 16.7. The van der Waals surface area contributed by atoms with Crippen molar-refractivity contribution in [1.29, 1.82) is 0 Å². The van der Waals surface area contributed by atoms with Crippen LogP contribution in [0.3, 0.4) is 0 Å². The number of hydrogen-bond acceptors (Lipinski definition) is 4. The van der Waals surface area contributed by atoms with E-state index in [2.05, 4.69) is 10.4 Å². The molecule has 0 saturated heterocycles. The van der Waals surface area contributed by atoms with Crippen LogP contribution in [0.25, 0.3) is 0 Å². The maximum absolute atomic E-state index is 12.3. The number of carbonyl (C=O) groups excluding carboxylic acids is 1. The van der Waals surface area contributed by atoms with Gasteiger partial charge >= 0.3 is 0 Å². The number of rotatable bonds is 2. The third-order valence-corrected chi connectivity index (χ3v) is 3.38. The van der Waals surface area contributed by atoms with Gasteiger partial charge in [-0.15, -0.1) is 0 Å². The number of hydrogen-bond donors (Lipinski definition) is 1. The van der Waals surface area contributed by atoms with Crippen molar-refractivity contribution in [2.75, 3.05) is 12.1 Å². The predicted octanol–water partition coefficient (Wildman–Crippen LogP) is 2.02. The first-order chi connectivity index (χ1) is 9.56. The summed E-state index contributed by atoms with van der Waals surface area (Å²) in [6.07, 6.45) is 0. The van der Waals surface area contributed by atoms with Crippen LogP contribution in [0, 0.1) is 13.8 Å². The van der Waals surface area contributed by atoms with E-state index in [1.54, 1.807) is 22.9 Å². The van der Waals surface area contributed by atoms with E-state index in [0.29, 0.717) is 17.1 Å². The molecule has 0 atom stereocenters. The molecule has 1 N–H and O–H groups in total. The number of ether oxygens (including phenoxy) is 2. The lowest BCUT2D eigenvalue weighted by atomic mass is 10.2. The second-order valence-electron chi connectivity index (χ2n) is 4.69. The first kappa shape index (κ1) is 12.5. The van der Waals surface area contributed by atoms with Gasteiger partial charge in [0.15, 0.2) is 11.5 Å². The van der Waals surface area contributed by atoms with E-state index < -0.39 is 0 Å². The van der Waals surface area contributed by atoms with E-state index in [4.69, 9.17) is 9.47 Å². The van der Waals surface area contributed by atoms with Crippen molar-refractivity contribution in [2.24, 2.45) is 7.05 Å². The molecule has 0 unspecified atom stereocenters. The molecule has 0 saturated carbocycles. The zero-order chi connectivity index (χ0) is 14.3. The van der Waals surface area contributed by atoms with Gasteiger partial charge in [0, 0.05) is 12.6 Å². The summed E-state index contributed by atoms with van der Waals surface area (Å²) in [5.41, 5.74) is 2.97. The Bertz CT molecular complexity index is 691. The number of nitrogens with zero attached hydrogens (tertiary/aromatic N) is 2. The Kier molecular flexibility index (Phi) is 2.85. The zero-order valence-corrected chi connectivity index (χ0v) is 11.6. The summed E-state index contributed by atoms with van der Waals surface area (Å²) in [6.45, 7) is 3.97. The number of amides is 1. The van der Waals surface area contributed by atoms with Gasteiger partial charge in [-0.25, -0.2) is 0 Å². The second kappa shape index (κ2) is 4.56. The van der Waals surface area contributed by atoms with Crippen LogP contribution >= 0.6 is 0 Å².